The first-order valence-electron chi connectivity index (χ1n) is 16.2. The van der Waals surface area contributed by atoms with Gasteiger partial charge in [-0.25, -0.2) is 0 Å². The molecule has 8 rings (SSSR count). The van der Waals surface area contributed by atoms with Gasteiger partial charge in [0, 0.05) is 33.0 Å². The van der Waals surface area contributed by atoms with Gasteiger partial charge in [0.2, 0.25) is 0 Å². The van der Waals surface area contributed by atoms with Crippen molar-refractivity contribution in [1.82, 2.24) is 4.57 Å². The molecule has 3 heteroatoms. The van der Waals surface area contributed by atoms with Crippen molar-refractivity contribution in [3.63, 3.8) is 0 Å². The number of anilines is 3. The van der Waals surface area contributed by atoms with Crippen LogP contribution in [0, 0.1) is 0 Å². The van der Waals surface area contributed by atoms with Crippen molar-refractivity contribution < 1.29 is 0 Å². The molecule has 0 N–H and O–H groups in total. The van der Waals surface area contributed by atoms with E-state index in [1.54, 1.807) is 0 Å². The summed E-state index contributed by atoms with van der Waals surface area (Å²) in [4.78, 5) is 3.62. The van der Waals surface area contributed by atoms with E-state index in [1.807, 2.05) is 11.3 Å². The van der Waals surface area contributed by atoms with Gasteiger partial charge in [0.25, 0.3) is 0 Å². The van der Waals surface area contributed by atoms with E-state index in [1.165, 1.54) is 53.9 Å². The topological polar surface area (TPSA) is 8.17 Å². The molecule has 0 aliphatic heterocycles. The first kappa shape index (κ1) is 29.1. The van der Waals surface area contributed by atoms with Gasteiger partial charge < -0.3 is 9.47 Å². The number of hydrogen-bond donors (Lipinski definition) is 0. The van der Waals surface area contributed by atoms with Gasteiger partial charge in [-0.1, -0.05) is 124 Å². The number of fused-ring (bicyclic) bond motifs is 3. The fraction of sp³-hybridized carbons (Fsp3) is 0.0909. The number of rotatable bonds is 6. The zero-order chi connectivity index (χ0) is 32.0. The molecule has 6 aromatic carbocycles. The highest BCUT2D eigenvalue weighted by Crippen LogP contribution is 2.43. The lowest BCUT2D eigenvalue weighted by Crippen LogP contribution is -2.13. The van der Waals surface area contributed by atoms with Gasteiger partial charge in [-0.2, -0.15) is 0 Å². The summed E-state index contributed by atoms with van der Waals surface area (Å²) in [6.45, 7) is 6.79. The van der Waals surface area contributed by atoms with Crippen LogP contribution < -0.4 is 4.90 Å². The number of benzene rings is 6. The number of thiophene rings is 1. The largest absolute Gasteiger partial charge is 0.311 e. The van der Waals surface area contributed by atoms with Gasteiger partial charge >= 0.3 is 0 Å². The van der Waals surface area contributed by atoms with Crippen molar-refractivity contribution in [2.24, 2.45) is 0 Å². The summed E-state index contributed by atoms with van der Waals surface area (Å²) in [7, 11) is 0. The smallest absolute Gasteiger partial charge is 0.0655 e. The Bertz CT molecular complexity index is 2290. The minimum Gasteiger partial charge on any atom is -0.311 e. The maximum Gasteiger partial charge on any atom is 0.0655 e. The summed E-state index contributed by atoms with van der Waals surface area (Å²) >= 11 is 1.87. The third-order valence-corrected chi connectivity index (χ3v) is 10.2. The molecule has 0 aliphatic carbocycles. The van der Waals surface area contributed by atoms with E-state index in [2.05, 4.69) is 194 Å². The average Bonchev–Trinajstić information content (AvgIpc) is 3.67. The minimum atomic E-state index is 0.0972. The third-order valence-electron chi connectivity index (χ3n) is 8.99. The van der Waals surface area contributed by atoms with Crippen molar-refractivity contribution in [3.05, 3.63) is 169 Å². The summed E-state index contributed by atoms with van der Waals surface area (Å²) in [5.74, 6) is 0. The van der Waals surface area contributed by atoms with Crippen LogP contribution in [-0.4, -0.2) is 4.57 Å². The fourth-order valence-electron chi connectivity index (χ4n) is 6.49. The summed E-state index contributed by atoms with van der Waals surface area (Å²) in [5.41, 5.74) is 12.2. The first-order chi connectivity index (χ1) is 22.9. The molecule has 0 bridgehead atoms. The van der Waals surface area contributed by atoms with E-state index >= 15 is 0 Å². The molecule has 0 saturated carbocycles. The lowest BCUT2D eigenvalue weighted by atomic mass is 9.87. The van der Waals surface area contributed by atoms with E-state index < -0.39 is 0 Å². The Balaban J connectivity index is 1.19. The lowest BCUT2D eigenvalue weighted by Gasteiger charge is -2.27. The van der Waals surface area contributed by atoms with Gasteiger partial charge in [0.05, 0.1) is 15.7 Å². The average molecular weight is 625 g/mol. The Morgan fingerprint density at radius 1 is 0.489 bits per heavy atom. The molecule has 0 saturated heterocycles. The lowest BCUT2D eigenvalue weighted by molar-refractivity contribution is 0.590. The molecule has 47 heavy (non-hydrogen) atoms. The summed E-state index contributed by atoms with van der Waals surface area (Å²) in [6, 6.07) is 59.3. The van der Waals surface area contributed by atoms with Crippen molar-refractivity contribution in [2.75, 3.05) is 4.90 Å². The predicted molar refractivity (Wildman–Crippen MR) is 203 cm³/mol. The molecular weight excluding hydrogens is 589 g/mol. The number of aromatic nitrogens is 1. The molecule has 2 nitrogen and oxygen atoms in total. The van der Waals surface area contributed by atoms with Gasteiger partial charge in [-0.3, -0.25) is 0 Å². The molecule has 2 heterocycles. The van der Waals surface area contributed by atoms with Crippen LogP contribution >= 0.6 is 11.3 Å². The number of nitrogens with zero attached hydrogens (tertiary/aromatic N) is 2. The molecule has 8 aromatic rings. The van der Waals surface area contributed by atoms with Crippen molar-refractivity contribution >= 4 is 49.5 Å². The van der Waals surface area contributed by atoms with Crippen LogP contribution in [0.3, 0.4) is 0 Å². The summed E-state index contributed by atoms with van der Waals surface area (Å²) < 4.78 is 3.71. The van der Waals surface area contributed by atoms with E-state index in [0.717, 1.165) is 17.1 Å². The van der Waals surface area contributed by atoms with Crippen molar-refractivity contribution in [3.8, 4) is 27.3 Å². The van der Waals surface area contributed by atoms with E-state index in [9.17, 15) is 0 Å². The van der Waals surface area contributed by atoms with Crippen molar-refractivity contribution in [1.29, 1.82) is 0 Å². The molecule has 228 valence electrons. The van der Waals surface area contributed by atoms with Crippen LogP contribution in [-0.2, 0) is 5.41 Å². The van der Waals surface area contributed by atoms with Crippen LogP contribution in [0.1, 0.15) is 26.3 Å². The van der Waals surface area contributed by atoms with Gasteiger partial charge in [0.15, 0.2) is 0 Å². The van der Waals surface area contributed by atoms with Crippen LogP contribution in [0.5, 0.6) is 0 Å². The fourth-order valence-corrected chi connectivity index (χ4v) is 7.68. The maximum atomic E-state index is 2.39. The Morgan fingerprint density at radius 3 is 1.62 bits per heavy atom. The number of para-hydroxylation sites is 2. The molecular formula is C44H36N2S. The second-order valence-electron chi connectivity index (χ2n) is 13.1. The molecule has 0 radical (unpaired) electrons. The second-order valence-corrected chi connectivity index (χ2v) is 14.2. The Labute approximate surface area is 280 Å². The predicted octanol–water partition coefficient (Wildman–Crippen LogP) is 12.9. The standard InChI is InChI=1S/C44H36N2S/c1-44(2,3)34-22-28-38(29-23-34)45(36-24-18-32(19-25-36)31-12-6-4-7-13-31)37-26-20-33(21-27-37)42-30-41-43(47-42)39-16-10-11-17-40(39)46(41)35-14-8-5-9-15-35/h4-30H,1-3H3. The van der Waals surface area contributed by atoms with Crippen LogP contribution in [0.15, 0.2) is 164 Å². The molecule has 0 aliphatic rings. The van der Waals surface area contributed by atoms with Gasteiger partial charge in [0.1, 0.15) is 0 Å². The monoisotopic (exact) mass is 624 g/mol. The van der Waals surface area contributed by atoms with Crippen LogP contribution in [0.4, 0.5) is 17.1 Å². The highest BCUT2D eigenvalue weighted by Gasteiger charge is 2.19. The zero-order valence-electron chi connectivity index (χ0n) is 26.9. The summed E-state index contributed by atoms with van der Waals surface area (Å²) in [5, 5.41) is 1.29. The first-order valence-corrected chi connectivity index (χ1v) is 17.0. The molecule has 0 amide bonds. The Morgan fingerprint density at radius 2 is 1.00 bits per heavy atom. The molecule has 0 unspecified atom stereocenters. The summed E-state index contributed by atoms with van der Waals surface area (Å²) in [6.07, 6.45) is 0. The highest BCUT2D eigenvalue weighted by atomic mass is 32.1. The van der Waals surface area contributed by atoms with Crippen molar-refractivity contribution in [2.45, 2.75) is 26.2 Å². The van der Waals surface area contributed by atoms with Crippen LogP contribution in [0.25, 0.3) is 48.4 Å². The highest BCUT2D eigenvalue weighted by molar-refractivity contribution is 7.23. The molecule has 0 fully saturated rings. The van der Waals surface area contributed by atoms with Crippen LogP contribution in [0.2, 0.25) is 0 Å². The Kier molecular flexibility index (Phi) is 7.27. The molecule has 0 atom stereocenters. The van der Waals surface area contributed by atoms with E-state index in [0.29, 0.717) is 0 Å². The third kappa shape index (κ3) is 5.43. The van der Waals surface area contributed by atoms with Gasteiger partial charge in [-0.05, 0) is 88.3 Å². The molecule has 2 aromatic heterocycles. The normalized spacial score (nSPS) is 11.7. The van der Waals surface area contributed by atoms with E-state index in [-0.39, 0.29) is 5.41 Å². The van der Waals surface area contributed by atoms with Gasteiger partial charge in [-0.15, -0.1) is 11.3 Å². The molecule has 0 spiro atoms. The van der Waals surface area contributed by atoms with E-state index in [4.69, 9.17) is 0 Å². The zero-order valence-corrected chi connectivity index (χ0v) is 27.7. The second kappa shape index (κ2) is 11.8. The number of hydrogen-bond acceptors (Lipinski definition) is 2. The SMILES string of the molecule is CC(C)(C)c1ccc(N(c2ccc(-c3ccccc3)cc2)c2ccc(-c3cc4c(s3)c3ccccc3n4-c3ccccc3)cc2)cc1. The maximum absolute atomic E-state index is 2.39. The Hall–Kier alpha value is -5.38. The minimum absolute atomic E-state index is 0.0972. The quantitative estimate of drug-likeness (QED) is 0.179.